The lowest BCUT2D eigenvalue weighted by Gasteiger charge is -2.07. The van der Waals surface area contributed by atoms with Crippen LogP contribution in [0.4, 0.5) is 5.69 Å². The van der Waals surface area contributed by atoms with Gasteiger partial charge in [0.15, 0.2) is 0 Å². The van der Waals surface area contributed by atoms with Gasteiger partial charge in [-0.05, 0) is 31.2 Å². The van der Waals surface area contributed by atoms with Gasteiger partial charge < -0.3 is 0 Å². The van der Waals surface area contributed by atoms with Gasteiger partial charge in [-0.25, -0.2) is 0 Å². The van der Waals surface area contributed by atoms with Crippen LogP contribution < -0.4 is 0 Å². The molecule has 100 valence electrons. The summed E-state index contributed by atoms with van der Waals surface area (Å²) in [5.41, 5.74) is 0.955. The molecule has 0 bridgehead atoms. The number of fused-ring (bicyclic) bond motifs is 1. The van der Waals surface area contributed by atoms with Crippen molar-refractivity contribution in [1.29, 1.82) is 0 Å². The minimum atomic E-state index is -0.368. The summed E-state index contributed by atoms with van der Waals surface area (Å²) in [4.78, 5) is 15.8. The van der Waals surface area contributed by atoms with Crippen molar-refractivity contribution >= 4 is 39.8 Å². The molecular weight excluding hydrogens is 284 g/mol. The molecule has 0 saturated carbocycles. The predicted molar refractivity (Wildman–Crippen MR) is 79.2 cm³/mol. The average Bonchev–Trinajstić information content (AvgIpc) is 2.38. The summed E-state index contributed by atoms with van der Waals surface area (Å²) in [6, 6.07) is 5.24. The fraction of sp³-hybridized carbons (Fsp3) is 0.308. The zero-order valence-corrected chi connectivity index (χ0v) is 12.0. The van der Waals surface area contributed by atoms with Gasteiger partial charge in [-0.3, -0.25) is 15.1 Å². The van der Waals surface area contributed by atoms with Gasteiger partial charge in [-0.2, -0.15) is 0 Å². The Hall–Kier alpha value is -1.33. The maximum absolute atomic E-state index is 11.0. The molecule has 0 aliphatic heterocycles. The van der Waals surface area contributed by atoms with Crippen LogP contribution in [0.1, 0.15) is 12.1 Å². The highest BCUT2D eigenvalue weighted by molar-refractivity contribution is 7.99. The van der Waals surface area contributed by atoms with Gasteiger partial charge in [0.25, 0.3) is 5.69 Å². The van der Waals surface area contributed by atoms with E-state index >= 15 is 0 Å². The molecule has 0 unspecified atom stereocenters. The van der Waals surface area contributed by atoms with Gasteiger partial charge in [0.05, 0.1) is 10.3 Å². The maximum atomic E-state index is 11.0. The van der Waals surface area contributed by atoms with E-state index in [9.17, 15) is 10.1 Å². The zero-order valence-electron chi connectivity index (χ0n) is 10.4. The number of nitro benzene ring substituents is 1. The predicted octanol–water partition coefficient (Wildman–Crippen LogP) is 4.17. The molecule has 0 spiro atoms. The minimum absolute atomic E-state index is 0.101. The molecule has 0 radical (unpaired) electrons. The molecule has 0 amide bonds. The number of thioether (sulfide) groups is 1. The third kappa shape index (κ3) is 3.16. The molecule has 1 heterocycles. The smallest absolute Gasteiger partial charge is 0.261 e. The van der Waals surface area contributed by atoms with Gasteiger partial charge >= 0.3 is 0 Å². The van der Waals surface area contributed by atoms with Gasteiger partial charge in [-0.15, -0.1) is 23.4 Å². The Bertz CT molecular complexity index is 619. The molecule has 19 heavy (non-hydrogen) atoms. The van der Waals surface area contributed by atoms with Gasteiger partial charge in [-0.1, -0.05) is 0 Å². The highest BCUT2D eigenvalue weighted by atomic mass is 35.5. The first-order valence-electron chi connectivity index (χ1n) is 5.86. The first-order chi connectivity index (χ1) is 9.13. The largest absolute Gasteiger partial charge is 0.278 e. The SMILES string of the molecule is Cc1cc2c(SCCCCl)ccc([N+](=O)[O-])c2cn1. The number of alkyl halides is 1. The number of rotatable bonds is 5. The summed E-state index contributed by atoms with van der Waals surface area (Å²) in [6.45, 7) is 1.88. The van der Waals surface area contributed by atoms with Crippen LogP contribution >= 0.6 is 23.4 Å². The third-order valence-electron chi connectivity index (χ3n) is 2.71. The van der Waals surface area contributed by atoms with E-state index in [0.717, 1.165) is 28.1 Å². The lowest BCUT2D eigenvalue weighted by atomic mass is 10.1. The van der Waals surface area contributed by atoms with Gasteiger partial charge in [0, 0.05) is 34.1 Å². The van der Waals surface area contributed by atoms with E-state index in [2.05, 4.69) is 4.98 Å². The Kier molecular flexibility index (Phi) is 4.61. The van der Waals surface area contributed by atoms with E-state index in [1.807, 2.05) is 13.0 Å². The number of hydrogen-bond acceptors (Lipinski definition) is 4. The molecule has 1 aromatic heterocycles. The number of non-ortho nitro benzene ring substituents is 1. The molecule has 0 aliphatic rings. The van der Waals surface area contributed by atoms with Crippen molar-refractivity contribution in [3.63, 3.8) is 0 Å². The van der Waals surface area contributed by atoms with Crippen LogP contribution in [0.25, 0.3) is 10.8 Å². The molecule has 0 aliphatic carbocycles. The number of hydrogen-bond donors (Lipinski definition) is 0. The lowest BCUT2D eigenvalue weighted by Crippen LogP contribution is -1.93. The van der Waals surface area contributed by atoms with E-state index in [0.29, 0.717) is 11.3 Å². The Morgan fingerprint density at radius 1 is 1.42 bits per heavy atom. The minimum Gasteiger partial charge on any atom is -0.261 e. The van der Waals surface area contributed by atoms with Crippen LogP contribution in [0.15, 0.2) is 29.3 Å². The number of benzene rings is 1. The average molecular weight is 297 g/mol. The third-order valence-corrected chi connectivity index (χ3v) is 4.13. The normalized spacial score (nSPS) is 10.8. The molecule has 0 atom stereocenters. The van der Waals surface area contributed by atoms with Crippen molar-refractivity contribution in [3.8, 4) is 0 Å². The Morgan fingerprint density at radius 2 is 2.21 bits per heavy atom. The fourth-order valence-electron chi connectivity index (χ4n) is 1.82. The maximum Gasteiger partial charge on any atom is 0.278 e. The van der Waals surface area contributed by atoms with E-state index < -0.39 is 0 Å². The highest BCUT2D eigenvalue weighted by Gasteiger charge is 2.15. The van der Waals surface area contributed by atoms with Gasteiger partial charge in [0.1, 0.15) is 0 Å². The molecule has 4 nitrogen and oxygen atoms in total. The number of aryl methyl sites for hydroxylation is 1. The van der Waals surface area contributed by atoms with Crippen molar-refractivity contribution in [2.24, 2.45) is 0 Å². The second-order valence-electron chi connectivity index (χ2n) is 4.10. The van der Waals surface area contributed by atoms with E-state index in [1.54, 1.807) is 30.1 Å². The van der Waals surface area contributed by atoms with Crippen molar-refractivity contribution in [2.45, 2.75) is 18.2 Å². The van der Waals surface area contributed by atoms with Crippen LogP contribution in [0, 0.1) is 17.0 Å². The Balaban J connectivity index is 2.50. The summed E-state index contributed by atoms with van der Waals surface area (Å²) < 4.78 is 0. The topological polar surface area (TPSA) is 56.0 Å². The molecule has 0 saturated heterocycles. The van der Waals surface area contributed by atoms with E-state index in [-0.39, 0.29) is 10.6 Å². The summed E-state index contributed by atoms with van der Waals surface area (Å²) in [7, 11) is 0. The zero-order chi connectivity index (χ0) is 13.8. The van der Waals surface area contributed by atoms with Crippen molar-refractivity contribution < 1.29 is 4.92 Å². The van der Waals surface area contributed by atoms with Crippen molar-refractivity contribution in [3.05, 3.63) is 40.2 Å². The molecule has 6 heteroatoms. The molecule has 1 aromatic carbocycles. The number of pyridine rings is 1. The molecule has 0 N–H and O–H groups in total. The van der Waals surface area contributed by atoms with Crippen LogP contribution in [0.3, 0.4) is 0 Å². The summed E-state index contributed by atoms with van der Waals surface area (Å²) in [5, 5.41) is 12.5. The molecule has 2 rings (SSSR count). The van der Waals surface area contributed by atoms with Crippen molar-refractivity contribution in [2.75, 3.05) is 11.6 Å². The number of aromatic nitrogens is 1. The second kappa shape index (κ2) is 6.21. The van der Waals surface area contributed by atoms with Crippen molar-refractivity contribution in [1.82, 2.24) is 4.98 Å². The van der Waals surface area contributed by atoms with E-state index in [1.165, 1.54) is 0 Å². The first kappa shape index (κ1) is 14.1. The summed E-state index contributed by atoms with van der Waals surface area (Å²) in [5.74, 6) is 1.52. The van der Waals surface area contributed by atoms with Crippen LogP contribution in [0.2, 0.25) is 0 Å². The lowest BCUT2D eigenvalue weighted by molar-refractivity contribution is -0.383. The molecular formula is C13H13ClN2O2S. The number of nitrogens with zero attached hydrogens (tertiary/aromatic N) is 2. The monoisotopic (exact) mass is 296 g/mol. The second-order valence-corrected chi connectivity index (χ2v) is 5.62. The molecule has 2 aromatic rings. The fourth-order valence-corrected chi connectivity index (χ4v) is 3.11. The first-order valence-corrected chi connectivity index (χ1v) is 7.38. The van der Waals surface area contributed by atoms with Crippen LogP contribution in [0.5, 0.6) is 0 Å². The quantitative estimate of drug-likeness (QED) is 0.273. The van der Waals surface area contributed by atoms with Crippen LogP contribution in [-0.2, 0) is 0 Å². The molecule has 0 fully saturated rings. The number of halogens is 1. The summed E-state index contributed by atoms with van der Waals surface area (Å²) >= 11 is 7.33. The van der Waals surface area contributed by atoms with E-state index in [4.69, 9.17) is 11.6 Å². The summed E-state index contributed by atoms with van der Waals surface area (Å²) in [6.07, 6.45) is 2.49. The standard InChI is InChI=1S/C13H13ClN2O2S/c1-9-7-10-11(8-15-9)12(16(17)18)3-4-13(10)19-6-2-5-14/h3-4,7-8H,2,5-6H2,1H3. The highest BCUT2D eigenvalue weighted by Crippen LogP contribution is 2.34. The Labute approximate surface area is 120 Å². The van der Waals surface area contributed by atoms with Gasteiger partial charge in [0.2, 0.25) is 0 Å². The van der Waals surface area contributed by atoms with Crippen LogP contribution in [-0.4, -0.2) is 21.5 Å². The number of nitro groups is 1. The Morgan fingerprint density at radius 3 is 2.89 bits per heavy atom.